The van der Waals surface area contributed by atoms with Gasteiger partial charge in [-0.1, -0.05) is 116 Å². The maximum absolute atomic E-state index is 3.70. The van der Waals surface area contributed by atoms with Crippen LogP contribution in [0.1, 0.15) is 44.4 Å². The summed E-state index contributed by atoms with van der Waals surface area (Å²) in [4.78, 5) is 0. The van der Waals surface area contributed by atoms with Crippen molar-refractivity contribution in [2.45, 2.75) is 33.1 Å². The Morgan fingerprint density at radius 1 is 0.535 bits per heavy atom. The number of allylic oxidation sites excluding steroid dienone is 4. The number of hydrogen-bond acceptors (Lipinski definition) is 0. The van der Waals surface area contributed by atoms with Gasteiger partial charge in [-0.05, 0) is 130 Å². The van der Waals surface area contributed by atoms with Crippen LogP contribution in [0.5, 0.6) is 0 Å². The van der Waals surface area contributed by atoms with Gasteiger partial charge in [0.1, 0.15) is 0 Å². The van der Waals surface area contributed by atoms with Crippen LogP contribution in [0.4, 0.5) is 0 Å². The Hall–Kier alpha value is -4.20. The molecule has 206 valence electrons. The second kappa shape index (κ2) is 8.46. The van der Waals surface area contributed by atoms with Crippen molar-refractivity contribution in [1.82, 2.24) is 0 Å². The van der Waals surface area contributed by atoms with E-state index in [9.17, 15) is 0 Å². The van der Waals surface area contributed by atoms with Gasteiger partial charge < -0.3 is 0 Å². The van der Waals surface area contributed by atoms with Crippen LogP contribution in [0.25, 0.3) is 60.7 Å². The minimum absolute atomic E-state index is 0.0407. The normalized spacial score (nSPS) is 17.3. The second-order valence-electron chi connectivity index (χ2n) is 13.6. The van der Waals surface area contributed by atoms with Crippen molar-refractivity contribution in [1.29, 1.82) is 0 Å². The molecule has 0 amide bonds. The smallest absolute Gasteiger partial charge is 0.0178 e. The maximum Gasteiger partial charge on any atom is 0.0178 e. The molecular weight excluding hydrogens is 584 g/mol. The van der Waals surface area contributed by atoms with E-state index in [2.05, 4.69) is 159 Å². The average molecular weight is 616 g/mol. The topological polar surface area (TPSA) is 0 Å². The lowest BCUT2D eigenvalue weighted by atomic mass is 9.73. The van der Waals surface area contributed by atoms with E-state index in [1.54, 1.807) is 0 Å². The molecule has 6 aromatic rings. The number of hydrogen-bond donors (Lipinski definition) is 0. The predicted molar refractivity (Wildman–Crippen MR) is 188 cm³/mol. The molecule has 3 aliphatic rings. The molecule has 0 heterocycles. The summed E-state index contributed by atoms with van der Waals surface area (Å²) in [5.74, 6) is 0. The Balaban J connectivity index is 1.25. The summed E-state index contributed by atoms with van der Waals surface area (Å²) >= 11 is 3.70. The zero-order chi connectivity index (χ0) is 29.2. The predicted octanol–water partition coefficient (Wildman–Crippen LogP) is 10.2. The van der Waals surface area contributed by atoms with Crippen LogP contribution >= 0.6 is 15.9 Å². The summed E-state index contributed by atoms with van der Waals surface area (Å²) in [6.07, 6.45) is 7.34. The lowest BCUT2D eigenvalue weighted by molar-refractivity contribution is 0.646. The summed E-state index contributed by atoms with van der Waals surface area (Å²) in [6.45, 7) is 9.48. The van der Waals surface area contributed by atoms with E-state index in [0.29, 0.717) is 0 Å². The molecule has 0 atom stereocenters. The van der Waals surface area contributed by atoms with Gasteiger partial charge in [-0.3, -0.25) is 0 Å². The lowest BCUT2D eigenvalue weighted by Crippen LogP contribution is -2.28. The molecule has 0 unspecified atom stereocenters. The zero-order valence-electron chi connectivity index (χ0n) is 24.8. The minimum Gasteiger partial charge on any atom is -0.0665 e. The quantitative estimate of drug-likeness (QED) is 0.162. The Kier molecular flexibility index (Phi) is 4.98. The van der Waals surface area contributed by atoms with Gasteiger partial charge in [0.05, 0.1) is 0 Å². The molecule has 0 aromatic heterocycles. The largest absolute Gasteiger partial charge is 0.0665 e. The summed E-state index contributed by atoms with van der Waals surface area (Å²) in [5, 5.41) is 10.7. The van der Waals surface area contributed by atoms with E-state index in [1.807, 2.05) is 0 Å². The number of fused-ring (bicyclic) bond motifs is 11. The van der Waals surface area contributed by atoms with Crippen LogP contribution < -0.4 is 10.4 Å². The first-order valence-electron chi connectivity index (χ1n) is 15.2. The lowest BCUT2D eigenvalue weighted by Gasteiger charge is -2.30. The van der Waals surface area contributed by atoms with Gasteiger partial charge in [0.25, 0.3) is 0 Å². The van der Waals surface area contributed by atoms with Crippen molar-refractivity contribution >= 4 is 65.5 Å². The molecule has 0 N–H and O–H groups in total. The number of rotatable bonds is 1. The maximum atomic E-state index is 3.70. The number of halogens is 1. The van der Waals surface area contributed by atoms with Gasteiger partial charge in [-0.15, -0.1) is 0 Å². The van der Waals surface area contributed by atoms with Gasteiger partial charge >= 0.3 is 0 Å². The summed E-state index contributed by atoms with van der Waals surface area (Å²) in [7, 11) is 0. The van der Waals surface area contributed by atoms with Crippen molar-refractivity contribution in [3.8, 4) is 11.1 Å². The standard InChI is InChI=1S/C42H31Br/c1-41(2)23-27(24-13-15-33-34-16-14-28(43)21-39(34)42(3,4)38(33)20-24)18-26-17-25-19-36-31-11-7-5-9-29(31)30-10-6-8-12-32(30)37(36)22-35(25)40(26)41/h5-23H,1-4H3. The fourth-order valence-corrected chi connectivity index (χ4v) is 8.62. The highest BCUT2D eigenvalue weighted by Gasteiger charge is 2.36. The van der Waals surface area contributed by atoms with E-state index < -0.39 is 0 Å². The molecular formula is C42H31Br. The Labute approximate surface area is 260 Å². The van der Waals surface area contributed by atoms with Crippen molar-refractivity contribution in [3.05, 3.63) is 146 Å². The molecule has 9 rings (SSSR count). The van der Waals surface area contributed by atoms with Gasteiger partial charge in [0.2, 0.25) is 0 Å². The van der Waals surface area contributed by atoms with Crippen LogP contribution in [0.3, 0.4) is 0 Å². The molecule has 0 aliphatic heterocycles. The second-order valence-corrected chi connectivity index (χ2v) is 14.5. The summed E-state index contributed by atoms with van der Waals surface area (Å²) < 4.78 is 1.14. The molecule has 0 bridgehead atoms. The molecule has 3 aliphatic carbocycles. The van der Waals surface area contributed by atoms with E-state index in [-0.39, 0.29) is 10.8 Å². The van der Waals surface area contributed by atoms with Gasteiger partial charge in [-0.2, -0.15) is 0 Å². The van der Waals surface area contributed by atoms with E-state index in [4.69, 9.17) is 0 Å². The third kappa shape index (κ3) is 3.43. The minimum atomic E-state index is -0.107. The van der Waals surface area contributed by atoms with Crippen LogP contribution in [0, 0.1) is 5.41 Å². The number of benzene rings is 6. The SMILES string of the molecule is CC1(C)C=C(c2ccc3c(c2)C(C)(C)c2cc(Br)ccc2-3)C=C2C=c3cc4c5ccccc5c5ccccc5c4cc3=C21. The molecule has 0 saturated carbocycles. The highest BCUT2D eigenvalue weighted by atomic mass is 79.9. The third-order valence-corrected chi connectivity index (χ3v) is 10.7. The molecule has 0 nitrogen and oxygen atoms in total. The van der Waals surface area contributed by atoms with Crippen LogP contribution in [0.2, 0.25) is 0 Å². The average Bonchev–Trinajstić information content (AvgIpc) is 3.48. The summed E-state index contributed by atoms with van der Waals surface area (Å²) in [6, 6.07) is 36.5. The van der Waals surface area contributed by atoms with Crippen LogP contribution in [-0.2, 0) is 5.41 Å². The fourth-order valence-electron chi connectivity index (χ4n) is 8.26. The molecule has 0 radical (unpaired) electrons. The van der Waals surface area contributed by atoms with Gasteiger partial charge in [0, 0.05) is 15.3 Å². The Morgan fingerprint density at radius 3 is 1.79 bits per heavy atom. The van der Waals surface area contributed by atoms with Crippen molar-refractivity contribution in [3.63, 3.8) is 0 Å². The summed E-state index contributed by atoms with van der Waals surface area (Å²) in [5.41, 5.74) is 10.8. The third-order valence-electron chi connectivity index (χ3n) is 10.2. The fraction of sp³-hybridized carbons (Fsp3) is 0.143. The van der Waals surface area contributed by atoms with Gasteiger partial charge in [0.15, 0.2) is 0 Å². The molecule has 1 heteroatoms. The van der Waals surface area contributed by atoms with Gasteiger partial charge in [-0.25, -0.2) is 0 Å². The Morgan fingerprint density at radius 2 is 1.12 bits per heavy atom. The van der Waals surface area contributed by atoms with Crippen LogP contribution in [-0.4, -0.2) is 0 Å². The highest BCUT2D eigenvalue weighted by Crippen LogP contribution is 2.51. The monoisotopic (exact) mass is 614 g/mol. The van der Waals surface area contributed by atoms with E-state index in [0.717, 1.165) is 4.47 Å². The Bertz CT molecular complexity index is 2450. The van der Waals surface area contributed by atoms with Crippen molar-refractivity contribution < 1.29 is 0 Å². The molecule has 0 spiro atoms. The molecule has 0 saturated heterocycles. The van der Waals surface area contributed by atoms with Crippen molar-refractivity contribution in [2.24, 2.45) is 5.41 Å². The first-order valence-corrected chi connectivity index (χ1v) is 16.0. The highest BCUT2D eigenvalue weighted by molar-refractivity contribution is 9.10. The molecule has 0 fully saturated rings. The van der Waals surface area contributed by atoms with Crippen molar-refractivity contribution in [2.75, 3.05) is 0 Å². The molecule has 43 heavy (non-hydrogen) atoms. The first-order chi connectivity index (χ1) is 20.7. The first kappa shape index (κ1) is 25.3. The zero-order valence-corrected chi connectivity index (χ0v) is 26.4. The molecule has 6 aromatic carbocycles. The van der Waals surface area contributed by atoms with E-state index >= 15 is 0 Å². The van der Waals surface area contributed by atoms with E-state index in [1.165, 1.54) is 87.3 Å². The van der Waals surface area contributed by atoms with Crippen LogP contribution in [0.15, 0.2) is 119 Å².